The number of rotatable bonds is 11. The summed E-state index contributed by atoms with van der Waals surface area (Å²) in [6.07, 6.45) is -0.141. The number of hydrogen-bond donors (Lipinski definition) is 4. The standard InChI is InChI=1S/C25H30N2O6/c1-16(11-13-28)10-12-26-24(31)22(14-23(29)30)27-25(32)33-15-21-19-8-4-2-6-17(19)18-7-3-5-9-20(18)21/h2-9,16,21-22,28H,10-15H2,1H3,(H,26,31)(H,27,32)(H,29,30). The lowest BCUT2D eigenvalue weighted by atomic mass is 9.98. The van der Waals surface area contributed by atoms with Crippen LogP contribution in [0.15, 0.2) is 48.5 Å². The maximum absolute atomic E-state index is 12.5. The topological polar surface area (TPSA) is 125 Å². The molecule has 2 aromatic carbocycles. The summed E-state index contributed by atoms with van der Waals surface area (Å²) in [5.74, 6) is -1.71. The highest BCUT2D eigenvalue weighted by atomic mass is 16.5. The lowest BCUT2D eigenvalue weighted by Gasteiger charge is -2.19. The Bertz CT molecular complexity index is 947. The van der Waals surface area contributed by atoms with E-state index in [4.69, 9.17) is 14.9 Å². The van der Waals surface area contributed by atoms with Gasteiger partial charge in [0.25, 0.3) is 0 Å². The Morgan fingerprint density at radius 1 is 1.00 bits per heavy atom. The van der Waals surface area contributed by atoms with Crippen LogP contribution in [0.5, 0.6) is 0 Å². The number of carboxylic acid groups (broad SMARTS) is 1. The van der Waals surface area contributed by atoms with Crippen LogP contribution in [0.25, 0.3) is 11.1 Å². The second-order valence-corrected chi connectivity index (χ2v) is 8.32. The fourth-order valence-electron chi connectivity index (χ4n) is 4.10. The molecule has 0 heterocycles. The van der Waals surface area contributed by atoms with Gasteiger partial charge < -0.3 is 25.6 Å². The van der Waals surface area contributed by atoms with Crippen molar-refractivity contribution in [3.05, 3.63) is 59.7 Å². The first-order valence-electron chi connectivity index (χ1n) is 11.1. The third-order valence-corrected chi connectivity index (χ3v) is 5.89. The number of benzene rings is 2. The van der Waals surface area contributed by atoms with Crippen LogP contribution in [-0.2, 0) is 14.3 Å². The molecule has 0 spiro atoms. The van der Waals surface area contributed by atoms with Crippen LogP contribution in [0.3, 0.4) is 0 Å². The van der Waals surface area contributed by atoms with Crippen molar-refractivity contribution < 1.29 is 29.3 Å². The van der Waals surface area contributed by atoms with E-state index >= 15 is 0 Å². The maximum Gasteiger partial charge on any atom is 0.407 e. The number of nitrogens with one attached hydrogen (secondary N) is 2. The number of carbonyl (C=O) groups excluding carboxylic acids is 2. The zero-order chi connectivity index (χ0) is 23.8. The molecule has 2 unspecified atom stereocenters. The van der Waals surface area contributed by atoms with Gasteiger partial charge in [-0.25, -0.2) is 4.79 Å². The number of aliphatic carboxylic acids is 1. The van der Waals surface area contributed by atoms with Gasteiger partial charge in [-0.15, -0.1) is 0 Å². The molecule has 0 aromatic heterocycles. The predicted octanol–water partition coefficient (Wildman–Crippen LogP) is 2.89. The zero-order valence-electron chi connectivity index (χ0n) is 18.6. The molecule has 0 aliphatic heterocycles. The number of hydrogen-bond acceptors (Lipinski definition) is 5. The molecular weight excluding hydrogens is 424 g/mol. The second kappa shape index (κ2) is 11.5. The SMILES string of the molecule is CC(CCO)CCNC(=O)C(CC(=O)O)NC(=O)OCC1c2ccccc2-c2ccccc21. The number of alkyl carbamates (subject to hydrolysis) is 1. The average Bonchev–Trinajstić information content (AvgIpc) is 3.11. The summed E-state index contributed by atoms with van der Waals surface area (Å²) in [5.41, 5.74) is 4.31. The van der Waals surface area contributed by atoms with E-state index in [9.17, 15) is 14.4 Å². The van der Waals surface area contributed by atoms with Gasteiger partial charge in [0, 0.05) is 19.1 Å². The van der Waals surface area contributed by atoms with Crippen LogP contribution in [0, 0.1) is 5.92 Å². The van der Waals surface area contributed by atoms with E-state index in [-0.39, 0.29) is 25.0 Å². The molecule has 1 aliphatic rings. The number of carbonyl (C=O) groups is 3. The van der Waals surface area contributed by atoms with E-state index in [1.165, 1.54) is 0 Å². The summed E-state index contributed by atoms with van der Waals surface area (Å²) >= 11 is 0. The fraction of sp³-hybridized carbons (Fsp3) is 0.400. The van der Waals surface area contributed by atoms with Gasteiger partial charge in [-0.1, -0.05) is 55.5 Å². The highest BCUT2D eigenvalue weighted by Gasteiger charge is 2.30. The van der Waals surface area contributed by atoms with E-state index in [0.717, 1.165) is 22.3 Å². The number of ether oxygens (including phenoxy) is 1. The van der Waals surface area contributed by atoms with Gasteiger partial charge in [0.2, 0.25) is 5.91 Å². The van der Waals surface area contributed by atoms with Gasteiger partial charge in [-0.05, 0) is 41.0 Å². The van der Waals surface area contributed by atoms with Gasteiger partial charge in [0.15, 0.2) is 0 Å². The number of fused-ring (bicyclic) bond motifs is 3. The smallest absolute Gasteiger partial charge is 0.407 e. The van der Waals surface area contributed by atoms with Gasteiger partial charge in [-0.3, -0.25) is 9.59 Å². The second-order valence-electron chi connectivity index (χ2n) is 8.32. The molecule has 176 valence electrons. The van der Waals surface area contributed by atoms with Crippen LogP contribution in [0.2, 0.25) is 0 Å². The van der Waals surface area contributed by atoms with Crippen molar-refractivity contribution in [2.75, 3.05) is 19.8 Å². The highest BCUT2D eigenvalue weighted by Crippen LogP contribution is 2.44. The molecule has 0 saturated carbocycles. The molecule has 3 rings (SSSR count). The van der Waals surface area contributed by atoms with Crippen LogP contribution in [0.1, 0.15) is 43.2 Å². The Morgan fingerprint density at radius 2 is 1.61 bits per heavy atom. The van der Waals surface area contributed by atoms with Crippen molar-refractivity contribution in [2.45, 2.75) is 38.1 Å². The molecule has 4 N–H and O–H groups in total. The number of amides is 2. The minimum atomic E-state index is -1.24. The first kappa shape index (κ1) is 24.3. The van der Waals surface area contributed by atoms with E-state index < -0.39 is 30.4 Å². The summed E-state index contributed by atoms with van der Waals surface area (Å²) in [6, 6.07) is 14.6. The molecule has 0 bridgehead atoms. The largest absolute Gasteiger partial charge is 0.481 e. The Morgan fingerprint density at radius 3 is 2.18 bits per heavy atom. The van der Waals surface area contributed by atoms with Gasteiger partial charge in [-0.2, -0.15) is 0 Å². The molecular formula is C25H30N2O6. The zero-order valence-corrected chi connectivity index (χ0v) is 18.6. The van der Waals surface area contributed by atoms with E-state index in [2.05, 4.69) is 10.6 Å². The predicted molar refractivity (Wildman–Crippen MR) is 123 cm³/mol. The Labute approximate surface area is 193 Å². The normalized spacial score (nSPS) is 14.0. The van der Waals surface area contributed by atoms with Crippen molar-refractivity contribution >= 4 is 18.0 Å². The number of aliphatic hydroxyl groups excluding tert-OH is 1. The Kier molecular flexibility index (Phi) is 8.43. The summed E-state index contributed by atoms with van der Waals surface area (Å²) in [6.45, 7) is 2.41. The minimum absolute atomic E-state index is 0.0694. The van der Waals surface area contributed by atoms with Crippen LogP contribution in [0.4, 0.5) is 4.79 Å². The lowest BCUT2D eigenvalue weighted by molar-refractivity contribution is -0.139. The van der Waals surface area contributed by atoms with Crippen molar-refractivity contribution in [1.82, 2.24) is 10.6 Å². The molecule has 2 amide bonds. The van der Waals surface area contributed by atoms with Crippen LogP contribution >= 0.6 is 0 Å². The van der Waals surface area contributed by atoms with Crippen LogP contribution < -0.4 is 10.6 Å². The van der Waals surface area contributed by atoms with Crippen LogP contribution in [-0.4, -0.2) is 54.0 Å². The van der Waals surface area contributed by atoms with E-state index in [0.29, 0.717) is 19.4 Å². The lowest BCUT2D eigenvalue weighted by Crippen LogP contribution is -2.48. The third kappa shape index (κ3) is 6.32. The maximum atomic E-state index is 12.5. The molecule has 1 aliphatic carbocycles. The van der Waals surface area contributed by atoms with Crippen molar-refractivity contribution in [3.63, 3.8) is 0 Å². The van der Waals surface area contributed by atoms with Gasteiger partial charge in [0.1, 0.15) is 12.6 Å². The molecule has 2 atom stereocenters. The van der Waals surface area contributed by atoms with Gasteiger partial charge >= 0.3 is 12.1 Å². The van der Waals surface area contributed by atoms with E-state index in [1.807, 2.05) is 55.5 Å². The fourth-order valence-corrected chi connectivity index (χ4v) is 4.10. The first-order valence-corrected chi connectivity index (χ1v) is 11.1. The van der Waals surface area contributed by atoms with Crippen molar-refractivity contribution in [1.29, 1.82) is 0 Å². The third-order valence-electron chi connectivity index (χ3n) is 5.89. The molecule has 33 heavy (non-hydrogen) atoms. The van der Waals surface area contributed by atoms with E-state index in [1.54, 1.807) is 0 Å². The molecule has 0 fully saturated rings. The van der Waals surface area contributed by atoms with Crippen molar-refractivity contribution in [2.24, 2.45) is 5.92 Å². The summed E-state index contributed by atoms with van der Waals surface area (Å²) < 4.78 is 5.43. The Balaban J connectivity index is 1.58. The number of aliphatic hydroxyl groups is 1. The Hall–Kier alpha value is -3.39. The summed E-state index contributed by atoms with van der Waals surface area (Å²) in [5, 5.41) is 23.1. The van der Waals surface area contributed by atoms with Gasteiger partial charge in [0.05, 0.1) is 6.42 Å². The summed E-state index contributed by atoms with van der Waals surface area (Å²) in [7, 11) is 0. The average molecular weight is 455 g/mol. The molecule has 2 aromatic rings. The monoisotopic (exact) mass is 454 g/mol. The highest BCUT2D eigenvalue weighted by molar-refractivity contribution is 5.89. The summed E-state index contributed by atoms with van der Waals surface area (Å²) in [4.78, 5) is 36.1. The molecule has 8 nitrogen and oxygen atoms in total. The molecule has 0 radical (unpaired) electrons. The molecule has 0 saturated heterocycles. The van der Waals surface area contributed by atoms with Crippen molar-refractivity contribution in [3.8, 4) is 11.1 Å². The molecule has 8 heteroatoms. The quantitative estimate of drug-likeness (QED) is 0.414. The first-order chi connectivity index (χ1) is 15.9. The number of carboxylic acids is 1. The minimum Gasteiger partial charge on any atom is -0.481 e.